The molecule has 9 heteroatoms. The maximum absolute atomic E-state index is 13.4. The van der Waals surface area contributed by atoms with Crippen molar-refractivity contribution in [2.45, 2.75) is 25.6 Å². The Morgan fingerprint density at radius 1 is 1.10 bits per heavy atom. The second kappa shape index (κ2) is 8.42. The monoisotopic (exact) mass is 408 g/mol. The number of nitrogens with one attached hydrogen (secondary N) is 3. The number of rotatable bonds is 5. The number of carbonyl (C=O) groups excluding carboxylic acids is 2. The van der Waals surface area contributed by atoms with Gasteiger partial charge in [0.15, 0.2) is 0 Å². The van der Waals surface area contributed by atoms with Crippen molar-refractivity contribution in [1.29, 1.82) is 0 Å². The van der Waals surface area contributed by atoms with Gasteiger partial charge in [-0.1, -0.05) is 36.4 Å². The lowest BCUT2D eigenvalue weighted by atomic mass is 10.1. The van der Waals surface area contributed by atoms with E-state index in [1.165, 1.54) is 4.68 Å². The van der Waals surface area contributed by atoms with Crippen molar-refractivity contribution in [2.75, 3.05) is 17.2 Å². The van der Waals surface area contributed by atoms with Gasteiger partial charge in [-0.15, -0.1) is 5.10 Å². The fraction of sp³-hybridized carbons (Fsp3) is 0.238. The first kappa shape index (κ1) is 19.7. The molecule has 4 rings (SSSR count). The van der Waals surface area contributed by atoms with E-state index in [1.807, 2.05) is 37.3 Å². The van der Waals surface area contributed by atoms with E-state index in [-0.39, 0.29) is 30.8 Å². The van der Waals surface area contributed by atoms with E-state index in [2.05, 4.69) is 26.0 Å². The highest BCUT2D eigenvalue weighted by Gasteiger charge is 2.30. The molecule has 0 bridgehead atoms. The summed E-state index contributed by atoms with van der Waals surface area (Å²) in [6, 6.07) is 15.7. The first-order chi connectivity index (χ1) is 14.5. The van der Waals surface area contributed by atoms with Crippen LogP contribution in [0.15, 0.2) is 54.6 Å². The predicted octanol–water partition coefficient (Wildman–Crippen LogP) is 2.47. The maximum Gasteiger partial charge on any atom is 0.258 e. The minimum Gasteiger partial charge on any atom is -0.303 e. The van der Waals surface area contributed by atoms with Crippen LogP contribution in [-0.2, 0) is 4.79 Å². The third kappa shape index (κ3) is 4.20. The number of para-hydroxylation sites is 1. The summed E-state index contributed by atoms with van der Waals surface area (Å²) < 4.78 is 14.8. The average molecular weight is 408 g/mol. The lowest BCUT2D eigenvalue weighted by Crippen LogP contribution is -2.35. The molecule has 2 amide bonds. The van der Waals surface area contributed by atoms with Gasteiger partial charge in [-0.3, -0.25) is 20.2 Å². The highest BCUT2D eigenvalue weighted by molar-refractivity contribution is 6.04. The van der Waals surface area contributed by atoms with E-state index in [0.29, 0.717) is 11.3 Å². The molecule has 1 aromatic heterocycles. The summed E-state index contributed by atoms with van der Waals surface area (Å²) in [6.45, 7) is 1.98. The van der Waals surface area contributed by atoms with Gasteiger partial charge in [0.1, 0.15) is 6.17 Å². The fourth-order valence-corrected chi connectivity index (χ4v) is 3.28. The summed E-state index contributed by atoms with van der Waals surface area (Å²) in [6.07, 6.45) is -0.957. The van der Waals surface area contributed by atoms with E-state index < -0.39 is 18.1 Å². The third-order valence-corrected chi connectivity index (χ3v) is 4.85. The smallest absolute Gasteiger partial charge is 0.258 e. The highest BCUT2D eigenvalue weighted by Crippen LogP contribution is 2.19. The minimum atomic E-state index is -1.06. The lowest BCUT2D eigenvalue weighted by molar-refractivity contribution is -0.117. The molecular formula is C21H21FN6O2. The summed E-state index contributed by atoms with van der Waals surface area (Å²) in [5.41, 5.74) is 1.99. The van der Waals surface area contributed by atoms with E-state index in [9.17, 15) is 14.0 Å². The van der Waals surface area contributed by atoms with Crippen molar-refractivity contribution in [3.8, 4) is 5.69 Å². The standard InChI is InChI=1S/C21H21FN6O2/c1-13-7-5-6-10-16(13)18(29)25-21-26-20(24-19(30)17-11-14(22)12-23-17)27-28(21)15-8-3-2-4-9-15/h2-10,14,17,23H,11-12H2,1H3,(H2,24,25,26,27,29,30)/t14-,17-/m0/s1. The summed E-state index contributed by atoms with van der Waals surface area (Å²) >= 11 is 0. The number of aryl methyl sites for hydroxylation is 1. The van der Waals surface area contributed by atoms with E-state index in [4.69, 9.17) is 0 Å². The van der Waals surface area contributed by atoms with Crippen LogP contribution < -0.4 is 16.0 Å². The van der Waals surface area contributed by atoms with E-state index in [1.54, 1.807) is 24.3 Å². The van der Waals surface area contributed by atoms with Crippen LogP contribution in [0.1, 0.15) is 22.3 Å². The van der Waals surface area contributed by atoms with Gasteiger partial charge in [0.25, 0.3) is 11.9 Å². The van der Waals surface area contributed by atoms with E-state index >= 15 is 0 Å². The van der Waals surface area contributed by atoms with Crippen LogP contribution in [0.2, 0.25) is 0 Å². The zero-order valence-corrected chi connectivity index (χ0v) is 16.3. The normalized spacial score (nSPS) is 18.2. The first-order valence-electron chi connectivity index (χ1n) is 9.59. The molecule has 3 N–H and O–H groups in total. The van der Waals surface area contributed by atoms with Crippen LogP contribution in [0, 0.1) is 6.92 Å². The Morgan fingerprint density at radius 3 is 2.53 bits per heavy atom. The molecule has 154 valence electrons. The van der Waals surface area contributed by atoms with Crippen molar-refractivity contribution < 1.29 is 14.0 Å². The van der Waals surface area contributed by atoms with Gasteiger partial charge in [-0.05, 0) is 30.7 Å². The molecule has 3 aromatic rings. The van der Waals surface area contributed by atoms with Crippen LogP contribution in [0.5, 0.6) is 0 Å². The van der Waals surface area contributed by atoms with Gasteiger partial charge < -0.3 is 5.32 Å². The SMILES string of the molecule is Cc1ccccc1C(=O)Nc1nc(NC(=O)[C@@H]2C[C@H](F)CN2)nn1-c1ccccc1. The molecule has 0 saturated carbocycles. The highest BCUT2D eigenvalue weighted by atomic mass is 19.1. The number of halogens is 1. The number of benzene rings is 2. The molecular weight excluding hydrogens is 387 g/mol. The predicted molar refractivity (Wildman–Crippen MR) is 110 cm³/mol. The number of alkyl halides is 1. The Labute approximate surface area is 172 Å². The zero-order valence-electron chi connectivity index (χ0n) is 16.3. The molecule has 2 heterocycles. The van der Waals surface area contributed by atoms with Crippen molar-refractivity contribution in [3.63, 3.8) is 0 Å². The van der Waals surface area contributed by atoms with Gasteiger partial charge in [0.05, 0.1) is 11.7 Å². The molecule has 2 atom stereocenters. The van der Waals surface area contributed by atoms with Gasteiger partial charge in [0.2, 0.25) is 11.9 Å². The van der Waals surface area contributed by atoms with Crippen LogP contribution >= 0.6 is 0 Å². The topological polar surface area (TPSA) is 101 Å². The average Bonchev–Trinajstić information content (AvgIpc) is 3.35. The van der Waals surface area contributed by atoms with Gasteiger partial charge >= 0.3 is 0 Å². The molecule has 1 fully saturated rings. The Bertz CT molecular complexity index is 1070. The largest absolute Gasteiger partial charge is 0.303 e. The second-order valence-electron chi connectivity index (χ2n) is 7.06. The number of carbonyl (C=O) groups is 2. The Hall–Kier alpha value is -3.59. The molecule has 0 unspecified atom stereocenters. The molecule has 0 spiro atoms. The molecule has 30 heavy (non-hydrogen) atoms. The van der Waals surface area contributed by atoms with Crippen molar-refractivity contribution in [3.05, 3.63) is 65.7 Å². The Morgan fingerprint density at radius 2 is 1.83 bits per heavy atom. The molecule has 1 saturated heterocycles. The molecule has 8 nitrogen and oxygen atoms in total. The quantitative estimate of drug-likeness (QED) is 0.602. The summed E-state index contributed by atoms with van der Waals surface area (Å²) in [4.78, 5) is 29.4. The molecule has 1 aliphatic rings. The molecule has 1 aliphatic heterocycles. The molecule has 2 aromatic carbocycles. The van der Waals surface area contributed by atoms with E-state index in [0.717, 1.165) is 5.56 Å². The number of hydrogen-bond acceptors (Lipinski definition) is 5. The number of anilines is 2. The van der Waals surface area contributed by atoms with Crippen molar-refractivity contribution in [2.24, 2.45) is 0 Å². The molecule has 0 aliphatic carbocycles. The van der Waals surface area contributed by atoms with Crippen LogP contribution in [-0.4, -0.2) is 45.3 Å². The first-order valence-corrected chi connectivity index (χ1v) is 9.59. The van der Waals surface area contributed by atoms with Gasteiger partial charge in [0, 0.05) is 18.5 Å². The van der Waals surface area contributed by atoms with Crippen molar-refractivity contribution >= 4 is 23.7 Å². The van der Waals surface area contributed by atoms with Crippen molar-refractivity contribution in [1.82, 2.24) is 20.1 Å². The van der Waals surface area contributed by atoms with Crippen LogP contribution in [0.4, 0.5) is 16.3 Å². The summed E-state index contributed by atoms with van der Waals surface area (Å²) in [5, 5.41) is 12.5. The van der Waals surface area contributed by atoms with Gasteiger partial charge in [-0.25, -0.2) is 4.39 Å². The van der Waals surface area contributed by atoms with Crippen LogP contribution in [0.3, 0.4) is 0 Å². The maximum atomic E-state index is 13.4. The summed E-state index contributed by atoms with van der Waals surface area (Å²) in [5.74, 6) is -0.578. The number of hydrogen-bond donors (Lipinski definition) is 3. The number of nitrogens with zero attached hydrogens (tertiary/aromatic N) is 3. The Kier molecular flexibility index (Phi) is 5.53. The second-order valence-corrected chi connectivity index (χ2v) is 7.06. The minimum absolute atomic E-state index is 0.0213. The number of amides is 2. The third-order valence-electron chi connectivity index (χ3n) is 4.85. The Balaban J connectivity index is 1.61. The summed E-state index contributed by atoms with van der Waals surface area (Å²) in [7, 11) is 0. The zero-order chi connectivity index (χ0) is 21.1. The lowest BCUT2D eigenvalue weighted by Gasteiger charge is -2.08. The van der Waals surface area contributed by atoms with Gasteiger partial charge in [-0.2, -0.15) is 9.67 Å². The number of aromatic nitrogens is 3. The van der Waals surface area contributed by atoms with Crippen LogP contribution in [0.25, 0.3) is 5.69 Å². The fourth-order valence-electron chi connectivity index (χ4n) is 3.28. The molecule has 0 radical (unpaired) electrons.